The molecule has 14 heavy (non-hydrogen) atoms. The number of nitrogens with zero attached hydrogens (tertiary/aromatic N) is 1. The molecule has 1 unspecified atom stereocenters. The van der Waals surface area contributed by atoms with Gasteiger partial charge >= 0.3 is 5.97 Å². The van der Waals surface area contributed by atoms with Gasteiger partial charge in [0, 0.05) is 19.5 Å². The molecule has 1 atom stereocenters. The Morgan fingerprint density at radius 1 is 1.71 bits per heavy atom. The Balaban J connectivity index is 2.51. The topological polar surface area (TPSA) is 69.6 Å². The van der Waals surface area contributed by atoms with E-state index < -0.39 is 5.97 Å². The average molecular weight is 200 g/mol. The molecule has 0 aromatic carbocycles. The number of amides is 1. The molecule has 1 fully saturated rings. The number of carboxylic acids is 1. The van der Waals surface area contributed by atoms with E-state index in [1.165, 1.54) is 0 Å². The van der Waals surface area contributed by atoms with E-state index in [0.717, 1.165) is 13.0 Å². The highest BCUT2D eigenvalue weighted by Crippen LogP contribution is 2.08. The predicted octanol–water partition coefficient (Wildman–Crippen LogP) is -0.328. The summed E-state index contributed by atoms with van der Waals surface area (Å²) in [6, 6.07) is -0.284. The van der Waals surface area contributed by atoms with E-state index in [9.17, 15) is 9.59 Å². The number of hydrogen-bond donors (Lipinski definition) is 2. The highest BCUT2D eigenvalue weighted by Gasteiger charge is 2.25. The number of carbonyl (C=O) groups is 2. The zero-order valence-electron chi connectivity index (χ0n) is 8.32. The molecule has 0 aromatic rings. The standard InChI is InChI=1S/C9H16N2O3/c1-11-6-2-5-10-9(14)7(11)3-4-8(12)13/h7H,2-6H2,1H3,(H,10,14)(H,12,13). The smallest absolute Gasteiger partial charge is 0.303 e. The van der Waals surface area contributed by atoms with E-state index in [2.05, 4.69) is 5.32 Å². The van der Waals surface area contributed by atoms with Crippen LogP contribution in [0.25, 0.3) is 0 Å². The van der Waals surface area contributed by atoms with Gasteiger partial charge in [-0.3, -0.25) is 14.5 Å². The normalized spacial score (nSPS) is 24.1. The average Bonchev–Trinajstić information content (AvgIpc) is 2.25. The maximum absolute atomic E-state index is 11.5. The van der Waals surface area contributed by atoms with Gasteiger partial charge < -0.3 is 10.4 Å². The van der Waals surface area contributed by atoms with Gasteiger partial charge in [-0.15, -0.1) is 0 Å². The second-order valence-electron chi connectivity index (χ2n) is 3.57. The van der Waals surface area contributed by atoms with Crippen LogP contribution in [-0.2, 0) is 9.59 Å². The minimum atomic E-state index is -0.851. The molecule has 0 aromatic heterocycles. The zero-order chi connectivity index (χ0) is 10.6. The molecule has 0 bridgehead atoms. The first-order valence-electron chi connectivity index (χ1n) is 4.81. The number of nitrogens with one attached hydrogen (secondary N) is 1. The second-order valence-corrected chi connectivity index (χ2v) is 3.57. The number of aliphatic carboxylic acids is 1. The molecule has 0 aliphatic carbocycles. The fraction of sp³-hybridized carbons (Fsp3) is 0.778. The highest BCUT2D eigenvalue weighted by molar-refractivity contribution is 5.82. The minimum Gasteiger partial charge on any atom is -0.481 e. The number of rotatable bonds is 3. The molecule has 1 rings (SSSR count). The van der Waals surface area contributed by atoms with Crippen molar-refractivity contribution in [2.24, 2.45) is 0 Å². The number of hydrogen-bond acceptors (Lipinski definition) is 3. The Bertz CT molecular complexity index is 230. The Morgan fingerprint density at radius 3 is 3.07 bits per heavy atom. The lowest BCUT2D eigenvalue weighted by Crippen LogP contribution is -2.42. The van der Waals surface area contributed by atoms with Crippen LogP contribution in [0.1, 0.15) is 19.3 Å². The van der Waals surface area contributed by atoms with Gasteiger partial charge in [0.25, 0.3) is 0 Å². The summed E-state index contributed by atoms with van der Waals surface area (Å²) in [5, 5.41) is 11.3. The third-order valence-corrected chi connectivity index (χ3v) is 2.45. The molecule has 1 aliphatic rings. The van der Waals surface area contributed by atoms with E-state index in [1.807, 2.05) is 11.9 Å². The van der Waals surface area contributed by atoms with Gasteiger partial charge in [-0.1, -0.05) is 0 Å². The molecule has 0 radical (unpaired) electrons. The predicted molar refractivity (Wildman–Crippen MR) is 50.9 cm³/mol. The molecule has 80 valence electrons. The van der Waals surface area contributed by atoms with E-state index in [-0.39, 0.29) is 18.4 Å². The lowest BCUT2D eigenvalue weighted by atomic mass is 10.1. The van der Waals surface area contributed by atoms with Crippen molar-refractivity contribution in [3.05, 3.63) is 0 Å². The molecule has 1 saturated heterocycles. The van der Waals surface area contributed by atoms with E-state index in [0.29, 0.717) is 13.0 Å². The zero-order valence-corrected chi connectivity index (χ0v) is 8.32. The molecular formula is C9H16N2O3. The molecule has 0 saturated carbocycles. The summed E-state index contributed by atoms with van der Waals surface area (Å²) in [5.74, 6) is -0.901. The van der Waals surface area contributed by atoms with Crippen molar-refractivity contribution in [2.45, 2.75) is 25.3 Å². The Kier molecular flexibility index (Phi) is 3.88. The lowest BCUT2D eigenvalue weighted by molar-refractivity contribution is -0.137. The Morgan fingerprint density at radius 2 is 2.43 bits per heavy atom. The largest absolute Gasteiger partial charge is 0.481 e. The maximum atomic E-state index is 11.5. The fourth-order valence-corrected chi connectivity index (χ4v) is 1.63. The molecular weight excluding hydrogens is 184 g/mol. The molecule has 2 N–H and O–H groups in total. The summed E-state index contributed by atoms with van der Waals surface area (Å²) in [6.45, 7) is 1.52. The lowest BCUT2D eigenvalue weighted by Gasteiger charge is -2.22. The van der Waals surface area contributed by atoms with Gasteiger partial charge in [-0.05, 0) is 19.9 Å². The van der Waals surface area contributed by atoms with Crippen molar-refractivity contribution in [1.82, 2.24) is 10.2 Å². The van der Waals surface area contributed by atoms with Gasteiger partial charge in [0.15, 0.2) is 0 Å². The summed E-state index contributed by atoms with van der Waals surface area (Å²) in [4.78, 5) is 23.8. The van der Waals surface area contributed by atoms with Crippen LogP contribution in [-0.4, -0.2) is 48.1 Å². The van der Waals surface area contributed by atoms with Crippen LogP contribution in [0.15, 0.2) is 0 Å². The summed E-state index contributed by atoms with van der Waals surface area (Å²) < 4.78 is 0. The first-order valence-corrected chi connectivity index (χ1v) is 4.81. The fourth-order valence-electron chi connectivity index (χ4n) is 1.63. The number of carbonyl (C=O) groups excluding carboxylic acids is 1. The van der Waals surface area contributed by atoms with Crippen LogP contribution in [0.2, 0.25) is 0 Å². The van der Waals surface area contributed by atoms with E-state index in [4.69, 9.17) is 5.11 Å². The van der Waals surface area contributed by atoms with Crippen molar-refractivity contribution in [1.29, 1.82) is 0 Å². The van der Waals surface area contributed by atoms with Crippen molar-refractivity contribution >= 4 is 11.9 Å². The Labute approximate surface area is 83.1 Å². The van der Waals surface area contributed by atoms with E-state index >= 15 is 0 Å². The van der Waals surface area contributed by atoms with Crippen molar-refractivity contribution in [2.75, 3.05) is 20.1 Å². The molecule has 1 amide bonds. The van der Waals surface area contributed by atoms with E-state index in [1.54, 1.807) is 0 Å². The van der Waals surface area contributed by atoms with Gasteiger partial charge in [0.1, 0.15) is 0 Å². The summed E-state index contributed by atoms with van der Waals surface area (Å²) >= 11 is 0. The van der Waals surface area contributed by atoms with Gasteiger partial charge in [0.05, 0.1) is 6.04 Å². The number of carboxylic acid groups (broad SMARTS) is 1. The third kappa shape index (κ3) is 2.99. The van der Waals surface area contributed by atoms with Crippen LogP contribution >= 0.6 is 0 Å². The molecule has 1 aliphatic heterocycles. The minimum absolute atomic E-state index is 0.0441. The van der Waals surface area contributed by atoms with Crippen molar-refractivity contribution in [3.63, 3.8) is 0 Å². The third-order valence-electron chi connectivity index (χ3n) is 2.45. The van der Waals surface area contributed by atoms with Crippen LogP contribution in [0.3, 0.4) is 0 Å². The molecule has 0 spiro atoms. The Hall–Kier alpha value is -1.10. The quantitative estimate of drug-likeness (QED) is 0.654. The molecule has 5 nitrogen and oxygen atoms in total. The van der Waals surface area contributed by atoms with Crippen LogP contribution in [0.4, 0.5) is 0 Å². The first kappa shape index (κ1) is 11.0. The maximum Gasteiger partial charge on any atom is 0.303 e. The SMILES string of the molecule is CN1CCCNC(=O)C1CCC(=O)O. The van der Waals surface area contributed by atoms with Crippen LogP contribution in [0, 0.1) is 0 Å². The monoisotopic (exact) mass is 200 g/mol. The van der Waals surface area contributed by atoms with Gasteiger partial charge in [-0.25, -0.2) is 0 Å². The highest BCUT2D eigenvalue weighted by atomic mass is 16.4. The first-order chi connectivity index (χ1) is 6.61. The molecule has 5 heteroatoms. The van der Waals surface area contributed by atoms with Crippen molar-refractivity contribution < 1.29 is 14.7 Å². The summed E-state index contributed by atoms with van der Waals surface area (Å²) in [5.41, 5.74) is 0. The molecule has 1 heterocycles. The van der Waals surface area contributed by atoms with Crippen LogP contribution in [0.5, 0.6) is 0 Å². The van der Waals surface area contributed by atoms with Gasteiger partial charge in [-0.2, -0.15) is 0 Å². The van der Waals surface area contributed by atoms with Crippen molar-refractivity contribution in [3.8, 4) is 0 Å². The summed E-state index contributed by atoms with van der Waals surface area (Å²) in [6.07, 6.45) is 1.35. The number of likely N-dealkylation sites (N-methyl/N-ethyl adjacent to an activating group) is 1. The van der Waals surface area contributed by atoms with Crippen LogP contribution < -0.4 is 5.32 Å². The second kappa shape index (κ2) is 4.95. The summed E-state index contributed by atoms with van der Waals surface area (Å²) in [7, 11) is 1.86. The van der Waals surface area contributed by atoms with Gasteiger partial charge in [0.2, 0.25) is 5.91 Å².